The van der Waals surface area contributed by atoms with E-state index >= 15 is 0 Å². The fourth-order valence-corrected chi connectivity index (χ4v) is 1.34. The number of hydrogen-bond acceptors (Lipinski definition) is 1. The second-order valence-electron chi connectivity index (χ2n) is 2.64. The molecule has 0 amide bonds. The molecule has 8 heavy (non-hydrogen) atoms. The molecule has 1 heteroatoms. The summed E-state index contributed by atoms with van der Waals surface area (Å²) in [6.45, 7) is 2.17. The van der Waals surface area contributed by atoms with Crippen LogP contribution in [0.1, 0.15) is 26.2 Å². The highest BCUT2D eigenvalue weighted by atomic mass is 14.3. The molecule has 0 N–H and O–H groups in total. The van der Waals surface area contributed by atoms with E-state index in [1.165, 1.54) is 12.8 Å². The second-order valence-corrected chi connectivity index (χ2v) is 2.64. The zero-order valence-corrected chi connectivity index (χ0v) is 5.22. The normalized spacial score (nSPS) is 37.0. The van der Waals surface area contributed by atoms with E-state index in [2.05, 4.69) is 13.0 Å². The first-order valence-corrected chi connectivity index (χ1v) is 3.24. The lowest BCUT2D eigenvalue weighted by Gasteiger charge is -2.02. The Morgan fingerprint density at radius 1 is 1.50 bits per heavy atom. The third kappa shape index (κ3) is 0.838. The van der Waals surface area contributed by atoms with Crippen LogP contribution in [0.5, 0.6) is 0 Å². The van der Waals surface area contributed by atoms with Gasteiger partial charge in [-0.1, -0.05) is 13.3 Å². The molecule has 0 radical (unpaired) electrons. The molecule has 0 spiro atoms. The molecule has 1 fully saturated rings. The van der Waals surface area contributed by atoms with Crippen LogP contribution in [0.15, 0.2) is 0 Å². The van der Waals surface area contributed by atoms with Crippen molar-refractivity contribution in [2.75, 3.05) is 0 Å². The number of rotatable bonds is 0. The van der Waals surface area contributed by atoms with Gasteiger partial charge in [0.15, 0.2) is 0 Å². The van der Waals surface area contributed by atoms with E-state index in [0.29, 0.717) is 11.8 Å². The molecule has 44 valence electrons. The molecule has 0 aliphatic heterocycles. The van der Waals surface area contributed by atoms with E-state index in [-0.39, 0.29) is 0 Å². The van der Waals surface area contributed by atoms with Gasteiger partial charge in [0.05, 0.1) is 6.07 Å². The van der Waals surface area contributed by atoms with Gasteiger partial charge in [0.2, 0.25) is 0 Å². The number of nitriles is 1. The Kier molecular flexibility index (Phi) is 1.53. The number of nitrogens with zero attached hydrogens (tertiary/aromatic N) is 1. The van der Waals surface area contributed by atoms with Gasteiger partial charge in [0.1, 0.15) is 0 Å². The van der Waals surface area contributed by atoms with Crippen molar-refractivity contribution in [3.05, 3.63) is 0 Å². The first-order chi connectivity index (χ1) is 3.84. The van der Waals surface area contributed by atoms with Crippen LogP contribution < -0.4 is 0 Å². The maximum Gasteiger partial charge on any atom is 0.0658 e. The van der Waals surface area contributed by atoms with E-state index in [0.717, 1.165) is 6.42 Å². The minimum atomic E-state index is 0.370. The average Bonchev–Trinajstić information content (AvgIpc) is 2.14. The molecule has 0 aromatic carbocycles. The fraction of sp³-hybridized carbons (Fsp3) is 0.857. The molecule has 0 aromatic rings. The summed E-state index contributed by atoms with van der Waals surface area (Å²) in [5.74, 6) is 1.04. The summed E-state index contributed by atoms with van der Waals surface area (Å²) >= 11 is 0. The predicted octanol–water partition coefficient (Wildman–Crippen LogP) is 1.95. The maximum atomic E-state index is 8.49. The van der Waals surface area contributed by atoms with Gasteiger partial charge >= 0.3 is 0 Å². The summed E-state index contributed by atoms with van der Waals surface area (Å²) in [7, 11) is 0. The van der Waals surface area contributed by atoms with Crippen LogP contribution in [0, 0.1) is 23.2 Å². The van der Waals surface area contributed by atoms with Crippen molar-refractivity contribution in [3.63, 3.8) is 0 Å². The van der Waals surface area contributed by atoms with E-state index < -0.39 is 0 Å². The summed E-state index contributed by atoms with van der Waals surface area (Å²) in [4.78, 5) is 0. The number of hydrogen-bond donors (Lipinski definition) is 0. The minimum Gasteiger partial charge on any atom is -0.198 e. The van der Waals surface area contributed by atoms with Gasteiger partial charge in [-0.25, -0.2) is 0 Å². The van der Waals surface area contributed by atoms with Crippen LogP contribution in [-0.4, -0.2) is 0 Å². The van der Waals surface area contributed by atoms with Gasteiger partial charge in [-0.05, 0) is 18.8 Å². The van der Waals surface area contributed by atoms with Crippen LogP contribution >= 0.6 is 0 Å². The van der Waals surface area contributed by atoms with E-state index in [9.17, 15) is 0 Å². The molecule has 1 aliphatic carbocycles. The molecule has 1 rings (SSSR count). The summed E-state index contributed by atoms with van der Waals surface area (Å²) in [6.07, 6.45) is 3.66. The van der Waals surface area contributed by atoms with Crippen molar-refractivity contribution < 1.29 is 0 Å². The monoisotopic (exact) mass is 109 g/mol. The lowest BCUT2D eigenvalue weighted by Crippen LogP contribution is -1.98. The third-order valence-electron chi connectivity index (χ3n) is 2.03. The molecular formula is C7H11N. The van der Waals surface area contributed by atoms with Crippen molar-refractivity contribution in [2.24, 2.45) is 11.8 Å². The van der Waals surface area contributed by atoms with Crippen LogP contribution in [-0.2, 0) is 0 Å². The highest BCUT2D eigenvalue weighted by Crippen LogP contribution is 2.29. The molecule has 0 heterocycles. The highest BCUT2D eigenvalue weighted by Gasteiger charge is 2.21. The summed E-state index contributed by atoms with van der Waals surface area (Å²) in [6, 6.07) is 2.31. The Morgan fingerprint density at radius 2 is 2.25 bits per heavy atom. The van der Waals surface area contributed by atoms with E-state index in [4.69, 9.17) is 5.26 Å². The van der Waals surface area contributed by atoms with Crippen LogP contribution in [0.4, 0.5) is 0 Å². The lowest BCUT2D eigenvalue weighted by atomic mass is 10.0. The molecule has 0 bridgehead atoms. The molecular weight excluding hydrogens is 98.1 g/mol. The van der Waals surface area contributed by atoms with Crippen LogP contribution in [0.25, 0.3) is 0 Å². The first-order valence-electron chi connectivity index (χ1n) is 3.24. The van der Waals surface area contributed by atoms with Crippen LogP contribution in [0.3, 0.4) is 0 Å². The van der Waals surface area contributed by atoms with Gasteiger partial charge in [-0.15, -0.1) is 0 Å². The van der Waals surface area contributed by atoms with Gasteiger partial charge in [-0.3, -0.25) is 0 Å². The smallest absolute Gasteiger partial charge is 0.0658 e. The molecule has 1 nitrogen and oxygen atoms in total. The molecule has 0 aromatic heterocycles. The molecule has 0 saturated heterocycles. The van der Waals surface area contributed by atoms with Crippen molar-refractivity contribution in [1.29, 1.82) is 5.26 Å². The zero-order chi connectivity index (χ0) is 5.98. The SMILES string of the molecule is C[C@H]1CCC[C@@H]1C#N. The van der Waals surface area contributed by atoms with Gasteiger partial charge in [0, 0.05) is 5.92 Å². The largest absolute Gasteiger partial charge is 0.198 e. The fourth-order valence-electron chi connectivity index (χ4n) is 1.34. The molecule has 1 saturated carbocycles. The highest BCUT2D eigenvalue weighted by molar-refractivity contribution is 4.90. The van der Waals surface area contributed by atoms with Crippen molar-refractivity contribution in [2.45, 2.75) is 26.2 Å². The molecule has 1 aliphatic rings. The first kappa shape index (κ1) is 5.62. The van der Waals surface area contributed by atoms with Gasteiger partial charge < -0.3 is 0 Å². The summed E-state index contributed by atoms with van der Waals surface area (Å²) in [5.41, 5.74) is 0. The minimum absolute atomic E-state index is 0.370. The van der Waals surface area contributed by atoms with E-state index in [1.54, 1.807) is 0 Å². The Hall–Kier alpha value is -0.510. The summed E-state index contributed by atoms with van der Waals surface area (Å²) in [5, 5.41) is 8.49. The quantitative estimate of drug-likeness (QED) is 0.466. The summed E-state index contributed by atoms with van der Waals surface area (Å²) < 4.78 is 0. The lowest BCUT2D eigenvalue weighted by molar-refractivity contribution is 0.514. The van der Waals surface area contributed by atoms with Crippen LogP contribution in [0.2, 0.25) is 0 Å². The molecule has 2 atom stereocenters. The maximum absolute atomic E-state index is 8.49. The third-order valence-corrected chi connectivity index (χ3v) is 2.03. The van der Waals surface area contributed by atoms with Gasteiger partial charge in [-0.2, -0.15) is 5.26 Å². The predicted molar refractivity (Wildman–Crippen MR) is 32.1 cm³/mol. The molecule has 0 unspecified atom stereocenters. The Morgan fingerprint density at radius 3 is 2.50 bits per heavy atom. The van der Waals surface area contributed by atoms with Gasteiger partial charge in [0.25, 0.3) is 0 Å². The van der Waals surface area contributed by atoms with Crippen molar-refractivity contribution in [3.8, 4) is 6.07 Å². The Bertz CT molecular complexity index is 112. The average molecular weight is 109 g/mol. The van der Waals surface area contributed by atoms with Crippen molar-refractivity contribution >= 4 is 0 Å². The van der Waals surface area contributed by atoms with Crippen molar-refractivity contribution in [1.82, 2.24) is 0 Å². The Balaban J connectivity index is 2.45. The zero-order valence-electron chi connectivity index (χ0n) is 5.22. The Labute approximate surface area is 50.3 Å². The topological polar surface area (TPSA) is 23.8 Å². The second kappa shape index (κ2) is 2.17. The standard InChI is InChI=1S/C7H11N/c1-6-3-2-4-7(6)5-8/h6-7H,2-4H2,1H3/t6-,7+/m0/s1. The van der Waals surface area contributed by atoms with E-state index in [1.807, 2.05) is 0 Å².